The smallest absolute Gasteiger partial charge is 0.177 e. The first-order chi connectivity index (χ1) is 8.88. The largest absolute Gasteiger partial charge is 0.396 e. The fourth-order valence-corrected chi connectivity index (χ4v) is 2.54. The molecule has 0 amide bonds. The Morgan fingerprint density at radius 1 is 1.42 bits per heavy atom. The second-order valence-electron chi connectivity index (χ2n) is 4.28. The normalized spacial score (nSPS) is 11.5. The maximum absolute atomic E-state index is 11.5. The van der Waals surface area contributed by atoms with E-state index in [0.29, 0.717) is 18.0 Å². The number of nitrogens with one attached hydrogen (secondary N) is 1. The number of aromatic nitrogens is 1. The molecular formula is C12H15N3O3S. The van der Waals surface area contributed by atoms with Crippen LogP contribution in [0.2, 0.25) is 0 Å². The van der Waals surface area contributed by atoms with Crippen LogP contribution >= 0.6 is 0 Å². The third-order valence-corrected chi connectivity index (χ3v) is 3.75. The summed E-state index contributed by atoms with van der Waals surface area (Å²) >= 11 is 0. The lowest BCUT2D eigenvalue weighted by atomic mass is 10.2. The predicted octanol–water partition coefficient (Wildman–Crippen LogP) is 1.58. The van der Waals surface area contributed by atoms with Crippen LogP contribution in [0.4, 0.5) is 11.4 Å². The zero-order valence-electron chi connectivity index (χ0n) is 10.7. The molecule has 1 aromatic carbocycles. The number of hydrogen-bond acceptors (Lipinski definition) is 6. The fourth-order valence-electron chi connectivity index (χ4n) is 1.70. The van der Waals surface area contributed by atoms with Crippen molar-refractivity contribution in [3.05, 3.63) is 35.7 Å². The first-order valence-electron chi connectivity index (χ1n) is 5.62. The molecule has 19 heavy (non-hydrogen) atoms. The molecule has 6 nitrogen and oxygen atoms in total. The van der Waals surface area contributed by atoms with E-state index in [1.165, 1.54) is 6.07 Å². The quantitative estimate of drug-likeness (QED) is 0.826. The summed E-state index contributed by atoms with van der Waals surface area (Å²) in [5.74, 6) is 0.654. The summed E-state index contributed by atoms with van der Waals surface area (Å²) < 4.78 is 28.1. The van der Waals surface area contributed by atoms with Crippen LogP contribution < -0.4 is 11.1 Å². The minimum atomic E-state index is -3.34. The summed E-state index contributed by atoms with van der Waals surface area (Å²) in [6, 6.07) is 6.63. The lowest BCUT2D eigenvalue weighted by Gasteiger charge is -2.10. The number of benzene rings is 1. The molecule has 0 aliphatic heterocycles. The van der Waals surface area contributed by atoms with Gasteiger partial charge in [-0.15, -0.1) is 0 Å². The molecule has 0 bridgehead atoms. The van der Waals surface area contributed by atoms with Crippen molar-refractivity contribution in [2.45, 2.75) is 18.4 Å². The highest BCUT2D eigenvalue weighted by Crippen LogP contribution is 2.26. The van der Waals surface area contributed by atoms with Gasteiger partial charge in [-0.05, 0) is 19.1 Å². The Morgan fingerprint density at radius 2 is 2.16 bits per heavy atom. The zero-order chi connectivity index (χ0) is 14.0. The third-order valence-electron chi connectivity index (χ3n) is 2.60. The molecule has 1 heterocycles. The van der Waals surface area contributed by atoms with Gasteiger partial charge in [-0.1, -0.05) is 11.2 Å². The molecule has 0 radical (unpaired) electrons. The molecule has 0 unspecified atom stereocenters. The van der Waals surface area contributed by atoms with E-state index in [2.05, 4.69) is 10.5 Å². The molecule has 0 saturated carbocycles. The van der Waals surface area contributed by atoms with Crippen molar-refractivity contribution in [1.82, 2.24) is 5.16 Å². The number of nitrogens with two attached hydrogens (primary N) is 1. The van der Waals surface area contributed by atoms with Crippen molar-refractivity contribution >= 4 is 21.2 Å². The number of aryl methyl sites for hydroxylation is 1. The van der Waals surface area contributed by atoms with Gasteiger partial charge in [-0.2, -0.15) is 0 Å². The SMILES string of the molecule is Cc1cc(CNc2cccc(S(C)(=O)=O)c2N)on1. The van der Waals surface area contributed by atoms with Crippen molar-refractivity contribution in [1.29, 1.82) is 0 Å². The molecule has 2 rings (SSSR count). The van der Waals surface area contributed by atoms with Crippen molar-refractivity contribution in [3.8, 4) is 0 Å². The van der Waals surface area contributed by atoms with E-state index < -0.39 is 9.84 Å². The Balaban J connectivity index is 2.22. The first-order valence-corrected chi connectivity index (χ1v) is 7.51. The Morgan fingerprint density at radius 3 is 2.74 bits per heavy atom. The molecule has 0 aliphatic rings. The number of sulfone groups is 1. The number of nitrogen functional groups attached to an aromatic ring is 1. The standard InChI is InChI=1S/C12H15N3O3S/c1-8-6-9(18-15-8)7-14-10-4-3-5-11(12(10)13)19(2,16)17/h3-6,14H,7,13H2,1-2H3. The number of anilines is 2. The first kappa shape index (κ1) is 13.4. The van der Waals surface area contributed by atoms with Gasteiger partial charge >= 0.3 is 0 Å². The topological polar surface area (TPSA) is 98.2 Å². The summed E-state index contributed by atoms with van der Waals surface area (Å²) in [4.78, 5) is 0.117. The van der Waals surface area contributed by atoms with E-state index in [0.717, 1.165) is 11.9 Å². The van der Waals surface area contributed by atoms with Gasteiger partial charge in [0.05, 0.1) is 28.5 Å². The second-order valence-corrected chi connectivity index (χ2v) is 6.26. The summed E-state index contributed by atoms with van der Waals surface area (Å²) in [6.45, 7) is 2.21. The average Bonchev–Trinajstić information content (AvgIpc) is 2.72. The molecular weight excluding hydrogens is 266 g/mol. The van der Waals surface area contributed by atoms with Gasteiger partial charge in [0, 0.05) is 12.3 Å². The Bertz CT molecular complexity index is 692. The predicted molar refractivity (Wildman–Crippen MR) is 72.5 cm³/mol. The van der Waals surface area contributed by atoms with E-state index in [1.807, 2.05) is 6.92 Å². The fraction of sp³-hybridized carbons (Fsp3) is 0.250. The van der Waals surface area contributed by atoms with E-state index >= 15 is 0 Å². The molecule has 0 aliphatic carbocycles. The van der Waals surface area contributed by atoms with E-state index in [1.54, 1.807) is 18.2 Å². The van der Waals surface area contributed by atoms with Crippen LogP contribution in [0.15, 0.2) is 33.7 Å². The highest BCUT2D eigenvalue weighted by atomic mass is 32.2. The van der Waals surface area contributed by atoms with E-state index in [9.17, 15) is 8.42 Å². The number of rotatable bonds is 4. The average molecular weight is 281 g/mol. The van der Waals surface area contributed by atoms with Crippen molar-refractivity contribution in [2.75, 3.05) is 17.3 Å². The summed E-state index contributed by atoms with van der Waals surface area (Å²) in [6.07, 6.45) is 1.13. The summed E-state index contributed by atoms with van der Waals surface area (Å²) in [5.41, 5.74) is 7.40. The Kier molecular flexibility index (Phi) is 3.48. The third kappa shape index (κ3) is 3.05. The molecule has 3 N–H and O–H groups in total. The molecule has 0 spiro atoms. The van der Waals surface area contributed by atoms with Gasteiger partial charge in [-0.25, -0.2) is 8.42 Å². The Labute approximate surface area is 111 Å². The molecule has 1 aromatic heterocycles. The highest BCUT2D eigenvalue weighted by Gasteiger charge is 2.14. The van der Waals surface area contributed by atoms with Crippen LogP contribution in [-0.2, 0) is 16.4 Å². The highest BCUT2D eigenvalue weighted by molar-refractivity contribution is 7.90. The van der Waals surface area contributed by atoms with Crippen LogP contribution in [-0.4, -0.2) is 19.8 Å². The summed E-state index contributed by atoms with van der Waals surface area (Å²) in [5, 5.41) is 6.80. The summed E-state index contributed by atoms with van der Waals surface area (Å²) in [7, 11) is -3.34. The van der Waals surface area contributed by atoms with Gasteiger partial charge in [0.2, 0.25) is 0 Å². The van der Waals surface area contributed by atoms with Crippen LogP contribution in [0.3, 0.4) is 0 Å². The molecule has 2 aromatic rings. The van der Waals surface area contributed by atoms with E-state index in [4.69, 9.17) is 10.3 Å². The van der Waals surface area contributed by atoms with Gasteiger partial charge in [-0.3, -0.25) is 0 Å². The molecule has 102 valence electrons. The van der Waals surface area contributed by atoms with E-state index in [-0.39, 0.29) is 10.6 Å². The van der Waals surface area contributed by atoms with Crippen LogP contribution in [0.5, 0.6) is 0 Å². The van der Waals surface area contributed by atoms with Gasteiger partial charge in [0.1, 0.15) is 0 Å². The molecule has 7 heteroatoms. The van der Waals surface area contributed by atoms with Crippen molar-refractivity contribution < 1.29 is 12.9 Å². The van der Waals surface area contributed by atoms with Crippen molar-refractivity contribution in [2.24, 2.45) is 0 Å². The minimum Gasteiger partial charge on any atom is -0.396 e. The molecule has 0 saturated heterocycles. The number of hydrogen-bond donors (Lipinski definition) is 2. The lowest BCUT2D eigenvalue weighted by Crippen LogP contribution is -2.07. The van der Waals surface area contributed by atoms with Crippen LogP contribution in [0.25, 0.3) is 0 Å². The molecule has 0 fully saturated rings. The zero-order valence-corrected chi connectivity index (χ0v) is 11.5. The monoisotopic (exact) mass is 281 g/mol. The minimum absolute atomic E-state index is 0.117. The van der Waals surface area contributed by atoms with Gasteiger partial charge in [0.25, 0.3) is 0 Å². The van der Waals surface area contributed by atoms with Gasteiger partial charge in [0.15, 0.2) is 15.6 Å². The lowest BCUT2D eigenvalue weighted by molar-refractivity contribution is 0.384. The van der Waals surface area contributed by atoms with Crippen LogP contribution in [0, 0.1) is 6.92 Å². The maximum Gasteiger partial charge on any atom is 0.177 e. The van der Waals surface area contributed by atoms with Crippen molar-refractivity contribution in [3.63, 3.8) is 0 Å². The number of para-hydroxylation sites is 1. The number of nitrogens with zero attached hydrogens (tertiary/aromatic N) is 1. The van der Waals surface area contributed by atoms with Gasteiger partial charge < -0.3 is 15.6 Å². The Hall–Kier alpha value is -2.02. The maximum atomic E-state index is 11.5. The van der Waals surface area contributed by atoms with Crippen LogP contribution in [0.1, 0.15) is 11.5 Å². The second kappa shape index (κ2) is 4.93. The molecule has 0 atom stereocenters.